The number of aromatic nitrogens is 2. The Balaban J connectivity index is 3.11. The van der Waals surface area contributed by atoms with Crippen molar-refractivity contribution >= 4 is 12.3 Å². The Bertz CT molecular complexity index is 278. The number of nitrogens with one attached hydrogen (secondary N) is 1. The van der Waals surface area contributed by atoms with Crippen LogP contribution in [0.3, 0.4) is 0 Å². The third kappa shape index (κ3) is 1.70. The molecule has 0 unspecified atom stereocenters. The molecule has 0 aromatic carbocycles. The molecule has 0 aliphatic heterocycles. The molecule has 1 aromatic heterocycles. The fraction of sp³-hybridized carbons (Fsp3) is 0.125. The van der Waals surface area contributed by atoms with Crippen LogP contribution in [0.5, 0.6) is 0 Å². The molecule has 56 valence electrons. The molecule has 0 amide bonds. The van der Waals surface area contributed by atoms with Gasteiger partial charge in [0.1, 0.15) is 5.69 Å². The van der Waals surface area contributed by atoms with Gasteiger partial charge in [-0.25, -0.2) is 0 Å². The van der Waals surface area contributed by atoms with Crippen molar-refractivity contribution in [1.29, 1.82) is 5.41 Å². The number of rotatable bonds is 2. The molecule has 3 nitrogen and oxygen atoms in total. The van der Waals surface area contributed by atoms with E-state index in [1.165, 1.54) is 6.21 Å². The second kappa shape index (κ2) is 3.61. The lowest BCUT2D eigenvalue weighted by Crippen LogP contribution is -1.93. The van der Waals surface area contributed by atoms with E-state index in [1.807, 2.05) is 19.1 Å². The van der Waals surface area contributed by atoms with E-state index in [0.717, 1.165) is 5.69 Å². The first kappa shape index (κ1) is 7.60. The molecule has 0 atom stereocenters. The van der Waals surface area contributed by atoms with Gasteiger partial charge in [-0.3, -0.25) is 9.97 Å². The molecule has 1 rings (SSSR count). The third-order valence-corrected chi connectivity index (χ3v) is 1.22. The molecule has 0 aliphatic rings. The van der Waals surface area contributed by atoms with Gasteiger partial charge in [0.25, 0.3) is 0 Å². The first-order valence-corrected chi connectivity index (χ1v) is 3.32. The molecule has 0 saturated heterocycles. The number of hydrogen-bond donors (Lipinski definition) is 1. The van der Waals surface area contributed by atoms with E-state index in [1.54, 1.807) is 12.4 Å². The molecule has 0 saturated carbocycles. The van der Waals surface area contributed by atoms with Crippen molar-refractivity contribution in [3.63, 3.8) is 0 Å². The maximum Gasteiger partial charge on any atom is 0.106 e. The van der Waals surface area contributed by atoms with Crippen molar-refractivity contribution in [2.45, 2.75) is 6.92 Å². The van der Waals surface area contributed by atoms with Crippen LogP contribution in [-0.2, 0) is 0 Å². The van der Waals surface area contributed by atoms with Gasteiger partial charge in [-0.2, -0.15) is 0 Å². The van der Waals surface area contributed by atoms with Crippen LogP contribution in [-0.4, -0.2) is 16.2 Å². The summed E-state index contributed by atoms with van der Waals surface area (Å²) in [4.78, 5) is 8.00. The molecule has 1 heterocycles. The first-order valence-electron chi connectivity index (χ1n) is 3.32. The summed E-state index contributed by atoms with van der Waals surface area (Å²) in [7, 11) is 0. The zero-order valence-corrected chi connectivity index (χ0v) is 6.28. The zero-order chi connectivity index (χ0) is 8.10. The largest absolute Gasteiger partial charge is 0.306 e. The van der Waals surface area contributed by atoms with Gasteiger partial charge in [-0.1, -0.05) is 6.08 Å². The van der Waals surface area contributed by atoms with Crippen molar-refractivity contribution in [1.82, 2.24) is 9.97 Å². The van der Waals surface area contributed by atoms with Crippen LogP contribution >= 0.6 is 0 Å². The van der Waals surface area contributed by atoms with Crippen molar-refractivity contribution in [2.75, 3.05) is 0 Å². The summed E-state index contributed by atoms with van der Waals surface area (Å²) in [5.41, 5.74) is 1.34. The Morgan fingerprint density at radius 1 is 1.27 bits per heavy atom. The average molecular weight is 147 g/mol. The van der Waals surface area contributed by atoms with Crippen molar-refractivity contribution in [3.05, 3.63) is 29.9 Å². The van der Waals surface area contributed by atoms with Crippen LogP contribution in [0.4, 0.5) is 0 Å². The summed E-state index contributed by atoms with van der Waals surface area (Å²) in [5.74, 6) is 0. The molecule has 0 bridgehead atoms. The Kier molecular flexibility index (Phi) is 2.49. The van der Waals surface area contributed by atoms with E-state index in [9.17, 15) is 0 Å². The Morgan fingerprint density at radius 3 is 2.45 bits per heavy atom. The monoisotopic (exact) mass is 147 g/mol. The second-order valence-electron chi connectivity index (χ2n) is 1.97. The highest BCUT2D eigenvalue weighted by molar-refractivity contribution is 5.79. The minimum atomic E-state index is 0.602. The minimum absolute atomic E-state index is 0.602. The van der Waals surface area contributed by atoms with Crippen LogP contribution in [0.1, 0.15) is 18.3 Å². The summed E-state index contributed by atoms with van der Waals surface area (Å²) in [5, 5.41) is 7.00. The van der Waals surface area contributed by atoms with Crippen LogP contribution in [0.25, 0.3) is 6.08 Å². The maximum atomic E-state index is 7.00. The molecule has 1 aromatic rings. The molecular weight excluding hydrogens is 138 g/mol. The van der Waals surface area contributed by atoms with Crippen LogP contribution < -0.4 is 0 Å². The van der Waals surface area contributed by atoms with Gasteiger partial charge in [0.05, 0.1) is 5.69 Å². The maximum absolute atomic E-state index is 7.00. The molecule has 1 N–H and O–H groups in total. The van der Waals surface area contributed by atoms with Crippen LogP contribution in [0.2, 0.25) is 0 Å². The number of nitrogens with zero attached hydrogens (tertiary/aromatic N) is 2. The minimum Gasteiger partial charge on any atom is -0.306 e. The predicted octanol–water partition coefficient (Wildman–Crippen LogP) is 1.51. The average Bonchev–Trinajstić information content (AvgIpc) is 2.06. The second-order valence-corrected chi connectivity index (χ2v) is 1.97. The summed E-state index contributed by atoms with van der Waals surface area (Å²) >= 11 is 0. The summed E-state index contributed by atoms with van der Waals surface area (Å²) in [6, 6.07) is 0. The van der Waals surface area contributed by atoms with Gasteiger partial charge < -0.3 is 5.41 Å². The van der Waals surface area contributed by atoms with Gasteiger partial charge in [0, 0.05) is 18.6 Å². The lowest BCUT2D eigenvalue weighted by Gasteiger charge is -1.94. The van der Waals surface area contributed by atoms with E-state index in [-0.39, 0.29) is 0 Å². The van der Waals surface area contributed by atoms with E-state index in [0.29, 0.717) is 5.69 Å². The van der Waals surface area contributed by atoms with Crippen molar-refractivity contribution in [2.24, 2.45) is 0 Å². The highest BCUT2D eigenvalue weighted by Gasteiger charge is 1.95. The third-order valence-electron chi connectivity index (χ3n) is 1.22. The summed E-state index contributed by atoms with van der Waals surface area (Å²) in [6.45, 7) is 1.91. The quantitative estimate of drug-likeness (QED) is 0.644. The fourth-order valence-corrected chi connectivity index (χ4v) is 0.757. The van der Waals surface area contributed by atoms with Crippen molar-refractivity contribution in [3.8, 4) is 0 Å². The molecule has 0 fully saturated rings. The van der Waals surface area contributed by atoms with Crippen LogP contribution in [0.15, 0.2) is 18.5 Å². The van der Waals surface area contributed by atoms with Gasteiger partial charge in [-0.15, -0.1) is 0 Å². The van der Waals surface area contributed by atoms with E-state index < -0.39 is 0 Å². The Labute approximate surface area is 65.3 Å². The Morgan fingerprint density at radius 2 is 1.91 bits per heavy atom. The smallest absolute Gasteiger partial charge is 0.106 e. The van der Waals surface area contributed by atoms with Crippen LogP contribution in [0, 0.1) is 5.41 Å². The molecule has 0 spiro atoms. The lowest BCUT2D eigenvalue weighted by molar-refractivity contribution is 1.16. The standard InChI is InChI=1S/C8H9N3/c1-2-3-7-8(6-9)11-5-4-10-7/h2-6,9H,1H3/b3-2-,9-6?. The number of hydrogen-bond acceptors (Lipinski definition) is 3. The molecule has 3 heteroatoms. The summed E-state index contributed by atoms with van der Waals surface area (Å²) < 4.78 is 0. The fourth-order valence-electron chi connectivity index (χ4n) is 0.757. The van der Waals surface area contributed by atoms with Gasteiger partial charge in [0.2, 0.25) is 0 Å². The first-order chi connectivity index (χ1) is 5.38. The number of allylic oxidation sites excluding steroid dienone is 1. The van der Waals surface area contributed by atoms with E-state index >= 15 is 0 Å². The summed E-state index contributed by atoms with van der Waals surface area (Å²) in [6.07, 6.45) is 8.09. The normalized spacial score (nSPS) is 10.3. The molecule has 11 heavy (non-hydrogen) atoms. The molecule has 0 radical (unpaired) electrons. The van der Waals surface area contributed by atoms with Gasteiger partial charge in [0.15, 0.2) is 0 Å². The highest BCUT2D eigenvalue weighted by Crippen LogP contribution is 1.99. The predicted molar refractivity (Wildman–Crippen MR) is 44.6 cm³/mol. The van der Waals surface area contributed by atoms with Crippen molar-refractivity contribution < 1.29 is 0 Å². The molecular formula is C8H9N3. The van der Waals surface area contributed by atoms with Gasteiger partial charge >= 0.3 is 0 Å². The lowest BCUT2D eigenvalue weighted by atomic mass is 10.3. The highest BCUT2D eigenvalue weighted by atomic mass is 14.8. The Hall–Kier alpha value is -1.51. The molecule has 0 aliphatic carbocycles. The van der Waals surface area contributed by atoms with E-state index in [4.69, 9.17) is 5.41 Å². The SMILES string of the molecule is C/C=C\c1nccnc1C=N. The zero-order valence-electron chi connectivity index (χ0n) is 6.28. The van der Waals surface area contributed by atoms with E-state index in [2.05, 4.69) is 9.97 Å². The topological polar surface area (TPSA) is 49.6 Å². The van der Waals surface area contributed by atoms with Gasteiger partial charge in [-0.05, 0) is 13.0 Å².